The van der Waals surface area contributed by atoms with Gasteiger partial charge in [0.2, 0.25) is 0 Å². The molecule has 0 saturated heterocycles. The molecule has 0 amide bonds. The number of rotatable bonds is 4. The Kier molecular flexibility index (Phi) is 10.0. The van der Waals surface area contributed by atoms with Crippen molar-refractivity contribution in [2.75, 3.05) is 19.3 Å². The molecule has 0 aliphatic carbocycles. The van der Waals surface area contributed by atoms with Crippen LogP contribution in [0.1, 0.15) is 17.5 Å². The molecule has 0 spiro atoms. The average molecular weight is 299 g/mol. The van der Waals surface area contributed by atoms with Gasteiger partial charge in [-0.25, -0.2) is 0 Å². The second-order valence-corrected chi connectivity index (χ2v) is 6.15. The van der Waals surface area contributed by atoms with E-state index in [-0.39, 0.29) is 65.3 Å². The number of benzene rings is 1. The Bertz CT molecular complexity index is 439. The zero-order valence-electron chi connectivity index (χ0n) is 11.7. The summed E-state index contributed by atoms with van der Waals surface area (Å²) in [6.45, 7) is 2.49. The smallest absolute Gasteiger partial charge is 0.811 e. The van der Waals surface area contributed by atoms with Crippen LogP contribution in [-0.4, -0.2) is 24.2 Å². The topological polar surface area (TPSA) is 66.4 Å². The van der Waals surface area contributed by atoms with Crippen LogP contribution >= 0.6 is 7.60 Å². The largest absolute Gasteiger partial charge is 1.00 e. The first-order valence-electron chi connectivity index (χ1n) is 5.85. The minimum atomic E-state index is -4.33. The van der Waals surface area contributed by atoms with E-state index >= 15 is 0 Å². The molecular formula is C12H16NNa2O3P. The fourth-order valence-corrected chi connectivity index (χ4v) is 2.76. The third-order valence-electron chi connectivity index (χ3n) is 3.12. The fourth-order valence-electron chi connectivity index (χ4n) is 2.23. The summed E-state index contributed by atoms with van der Waals surface area (Å²) in [7, 11) is -4.33. The van der Waals surface area contributed by atoms with Gasteiger partial charge in [0, 0.05) is 13.1 Å². The molecule has 4 nitrogen and oxygen atoms in total. The molecule has 1 aromatic rings. The van der Waals surface area contributed by atoms with E-state index in [1.165, 1.54) is 11.1 Å². The Morgan fingerprint density at radius 1 is 1.16 bits per heavy atom. The van der Waals surface area contributed by atoms with Gasteiger partial charge in [-0.15, -0.1) is 0 Å². The summed E-state index contributed by atoms with van der Waals surface area (Å²) in [6.07, 6.45) is 1.21. The number of hydrogen-bond acceptors (Lipinski definition) is 4. The van der Waals surface area contributed by atoms with E-state index in [1.54, 1.807) is 0 Å². The van der Waals surface area contributed by atoms with Gasteiger partial charge in [-0.2, -0.15) is 0 Å². The Morgan fingerprint density at radius 2 is 1.79 bits per heavy atom. The summed E-state index contributed by atoms with van der Waals surface area (Å²) in [5.74, 6) is 0. The van der Waals surface area contributed by atoms with Gasteiger partial charge in [-0.3, -0.25) is 4.90 Å². The Morgan fingerprint density at radius 3 is 2.42 bits per heavy atom. The molecule has 0 unspecified atom stereocenters. The summed E-state index contributed by atoms with van der Waals surface area (Å²) >= 11 is 0. The van der Waals surface area contributed by atoms with Crippen LogP contribution in [0.4, 0.5) is 0 Å². The second-order valence-electron chi connectivity index (χ2n) is 4.48. The van der Waals surface area contributed by atoms with Crippen LogP contribution in [0.3, 0.4) is 0 Å². The second kappa shape index (κ2) is 9.37. The molecule has 1 heterocycles. The van der Waals surface area contributed by atoms with Crippen LogP contribution in [0.25, 0.3) is 0 Å². The molecule has 0 aromatic heterocycles. The molecule has 2 rings (SSSR count). The van der Waals surface area contributed by atoms with E-state index in [2.05, 4.69) is 17.0 Å². The summed E-state index contributed by atoms with van der Waals surface area (Å²) < 4.78 is 10.5. The van der Waals surface area contributed by atoms with Crippen molar-refractivity contribution in [2.24, 2.45) is 0 Å². The maximum Gasteiger partial charge on any atom is 1.00 e. The molecule has 7 heteroatoms. The zero-order valence-corrected chi connectivity index (χ0v) is 16.6. The van der Waals surface area contributed by atoms with E-state index in [4.69, 9.17) is 0 Å². The van der Waals surface area contributed by atoms with Gasteiger partial charge < -0.3 is 14.4 Å². The molecule has 0 N–H and O–H groups in total. The van der Waals surface area contributed by atoms with Crippen LogP contribution < -0.4 is 68.9 Å². The first-order valence-corrected chi connectivity index (χ1v) is 7.57. The molecule has 0 bridgehead atoms. The van der Waals surface area contributed by atoms with E-state index in [1.807, 2.05) is 12.1 Å². The van der Waals surface area contributed by atoms with Gasteiger partial charge in [-0.05, 0) is 36.7 Å². The quantitative estimate of drug-likeness (QED) is 0.411. The van der Waals surface area contributed by atoms with E-state index in [9.17, 15) is 14.4 Å². The number of hydrogen-bond donors (Lipinski definition) is 0. The molecule has 0 fully saturated rings. The molecule has 1 aliphatic rings. The van der Waals surface area contributed by atoms with Crippen molar-refractivity contribution >= 4 is 7.60 Å². The van der Waals surface area contributed by atoms with Crippen LogP contribution in [0.15, 0.2) is 24.3 Å². The third kappa shape index (κ3) is 7.23. The summed E-state index contributed by atoms with van der Waals surface area (Å²) in [5, 5.41) is 0. The van der Waals surface area contributed by atoms with Crippen molar-refractivity contribution < 1.29 is 73.5 Å². The molecule has 0 atom stereocenters. The van der Waals surface area contributed by atoms with Crippen LogP contribution in [0.2, 0.25) is 0 Å². The van der Waals surface area contributed by atoms with Gasteiger partial charge in [-0.1, -0.05) is 31.9 Å². The SMILES string of the molecule is O=P([O-])([O-])CCCN1CCc2ccccc2C1.[Na+].[Na+]. The molecular weight excluding hydrogens is 283 g/mol. The van der Waals surface area contributed by atoms with Crippen molar-refractivity contribution in [3.63, 3.8) is 0 Å². The average Bonchev–Trinajstić information content (AvgIpc) is 2.27. The molecule has 0 saturated carbocycles. The fraction of sp³-hybridized carbons (Fsp3) is 0.500. The Labute approximate surface area is 158 Å². The van der Waals surface area contributed by atoms with Gasteiger partial charge in [0.15, 0.2) is 0 Å². The predicted octanol–water partition coefficient (Wildman–Crippen LogP) is -5.64. The molecule has 0 radical (unpaired) electrons. The van der Waals surface area contributed by atoms with Crippen molar-refractivity contribution in [1.29, 1.82) is 0 Å². The minimum absolute atomic E-state index is 0. The maximum atomic E-state index is 10.5. The molecule has 94 valence electrons. The molecule has 1 aromatic carbocycles. The standard InChI is InChI=1S/C12H18NO3P.2Na/c14-17(15,16)9-3-7-13-8-6-11-4-1-2-5-12(11)10-13;;/h1-2,4-5H,3,6-10H2,(H2,14,15,16);;/q;2*+1/p-2. The summed E-state index contributed by atoms with van der Waals surface area (Å²) in [4.78, 5) is 23.3. The van der Waals surface area contributed by atoms with Gasteiger partial charge >= 0.3 is 59.1 Å². The van der Waals surface area contributed by atoms with Crippen molar-refractivity contribution in [2.45, 2.75) is 19.4 Å². The normalized spacial score (nSPS) is 15.1. The van der Waals surface area contributed by atoms with Gasteiger partial charge in [0.1, 0.15) is 0 Å². The minimum Gasteiger partial charge on any atom is -0.811 e. The van der Waals surface area contributed by atoms with Crippen molar-refractivity contribution in [1.82, 2.24) is 4.90 Å². The van der Waals surface area contributed by atoms with Crippen LogP contribution in [0.5, 0.6) is 0 Å². The van der Waals surface area contributed by atoms with Crippen LogP contribution in [0, 0.1) is 0 Å². The number of nitrogens with zero attached hydrogens (tertiary/aromatic N) is 1. The first-order chi connectivity index (χ1) is 8.04. The Balaban J connectivity index is 0.00000162. The molecule has 1 aliphatic heterocycles. The summed E-state index contributed by atoms with van der Waals surface area (Å²) in [6, 6.07) is 8.30. The van der Waals surface area contributed by atoms with Crippen molar-refractivity contribution in [3.05, 3.63) is 35.4 Å². The maximum absolute atomic E-state index is 10.5. The predicted molar refractivity (Wildman–Crippen MR) is 62.5 cm³/mol. The van der Waals surface area contributed by atoms with Gasteiger partial charge in [0.05, 0.1) is 0 Å². The van der Waals surface area contributed by atoms with Gasteiger partial charge in [0.25, 0.3) is 0 Å². The van der Waals surface area contributed by atoms with E-state index in [0.29, 0.717) is 13.0 Å². The Hall–Kier alpha value is 1.33. The van der Waals surface area contributed by atoms with E-state index in [0.717, 1.165) is 19.5 Å². The van der Waals surface area contributed by atoms with Crippen molar-refractivity contribution in [3.8, 4) is 0 Å². The van der Waals surface area contributed by atoms with Crippen LogP contribution in [-0.2, 0) is 17.5 Å². The third-order valence-corrected chi connectivity index (χ3v) is 3.98. The summed E-state index contributed by atoms with van der Waals surface area (Å²) in [5.41, 5.74) is 2.69. The molecule has 19 heavy (non-hydrogen) atoms. The zero-order chi connectivity index (χ0) is 12.3. The first kappa shape index (κ1) is 20.3. The van der Waals surface area contributed by atoms with E-state index < -0.39 is 7.60 Å². The monoisotopic (exact) mass is 299 g/mol. The number of fused-ring (bicyclic) bond motifs is 1.